The maximum atomic E-state index is 12.1. The molecule has 4 nitrogen and oxygen atoms in total. The van der Waals surface area contributed by atoms with Crippen LogP contribution in [0.3, 0.4) is 0 Å². The highest BCUT2D eigenvalue weighted by molar-refractivity contribution is 7.09. The van der Waals surface area contributed by atoms with Crippen molar-refractivity contribution in [2.24, 2.45) is 0 Å². The Bertz CT molecular complexity index is 650. The van der Waals surface area contributed by atoms with E-state index >= 15 is 0 Å². The van der Waals surface area contributed by atoms with Crippen LogP contribution in [0, 0.1) is 0 Å². The van der Waals surface area contributed by atoms with Gasteiger partial charge in [-0.1, -0.05) is 6.07 Å². The highest BCUT2D eigenvalue weighted by Crippen LogP contribution is 2.23. The largest absolute Gasteiger partial charge is 0.347 e. The molecule has 1 aromatic heterocycles. The zero-order valence-corrected chi connectivity index (χ0v) is 11.6. The fourth-order valence-corrected chi connectivity index (χ4v) is 2.85. The van der Waals surface area contributed by atoms with Crippen LogP contribution in [0.5, 0.6) is 0 Å². The van der Waals surface area contributed by atoms with Crippen LogP contribution in [0.25, 0.3) is 0 Å². The van der Waals surface area contributed by atoms with E-state index in [0.29, 0.717) is 24.9 Å². The minimum Gasteiger partial charge on any atom is -0.347 e. The van der Waals surface area contributed by atoms with Gasteiger partial charge in [-0.05, 0) is 41.6 Å². The fraction of sp³-hybridized carbons (Fsp3) is 0.200. The summed E-state index contributed by atoms with van der Waals surface area (Å²) < 4.78 is 0. The normalized spacial score (nSPS) is 13.5. The SMILES string of the molecule is O=C1CCc2cc(C(=O)NCc3cccs3)ccc2N1. The number of amides is 2. The Balaban J connectivity index is 1.70. The molecule has 1 aliphatic heterocycles. The van der Waals surface area contributed by atoms with Crippen molar-refractivity contribution in [1.82, 2.24) is 5.32 Å². The van der Waals surface area contributed by atoms with Crippen molar-refractivity contribution < 1.29 is 9.59 Å². The smallest absolute Gasteiger partial charge is 0.251 e. The molecule has 0 radical (unpaired) electrons. The van der Waals surface area contributed by atoms with Crippen LogP contribution < -0.4 is 10.6 Å². The number of carbonyl (C=O) groups excluding carboxylic acids is 2. The first kappa shape index (κ1) is 12.9. The topological polar surface area (TPSA) is 58.2 Å². The second kappa shape index (κ2) is 5.46. The molecule has 0 bridgehead atoms. The zero-order chi connectivity index (χ0) is 13.9. The van der Waals surface area contributed by atoms with Gasteiger partial charge in [-0.3, -0.25) is 9.59 Å². The van der Waals surface area contributed by atoms with Crippen LogP contribution in [0.4, 0.5) is 5.69 Å². The first-order valence-electron chi connectivity index (χ1n) is 6.46. The quantitative estimate of drug-likeness (QED) is 0.911. The number of benzene rings is 1. The van der Waals surface area contributed by atoms with Gasteiger partial charge in [0.15, 0.2) is 0 Å². The van der Waals surface area contributed by atoms with E-state index in [-0.39, 0.29) is 11.8 Å². The van der Waals surface area contributed by atoms with Gasteiger partial charge in [0.25, 0.3) is 5.91 Å². The third-order valence-corrected chi connectivity index (χ3v) is 4.14. The number of thiophene rings is 1. The number of fused-ring (bicyclic) bond motifs is 1. The molecule has 2 N–H and O–H groups in total. The zero-order valence-electron chi connectivity index (χ0n) is 10.8. The molecule has 1 aliphatic rings. The lowest BCUT2D eigenvalue weighted by Gasteiger charge is -2.17. The van der Waals surface area contributed by atoms with Crippen LogP contribution >= 0.6 is 11.3 Å². The number of anilines is 1. The Hall–Kier alpha value is -2.14. The van der Waals surface area contributed by atoms with Gasteiger partial charge in [-0.2, -0.15) is 0 Å². The number of hydrogen-bond acceptors (Lipinski definition) is 3. The molecule has 0 aliphatic carbocycles. The fourth-order valence-electron chi connectivity index (χ4n) is 2.21. The summed E-state index contributed by atoms with van der Waals surface area (Å²) in [4.78, 5) is 24.5. The number of nitrogens with one attached hydrogen (secondary N) is 2. The highest BCUT2D eigenvalue weighted by Gasteiger charge is 2.16. The molecule has 0 atom stereocenters. The summed E-state index contributed by atoms with van der Waals surface area (Å²) in [6.45, 7) is 0.546. The first-order chi connectivity index (χ1) is 9.72. The molecule has 5 heteroatoms. The molecule has 0 fully saturated rings. The second-order valence-electron chi connectivity index (χ2n) is 4.68. The molecule has 3 rings (SSSR count). The Labute approximate surface area is 120 Å². The maximum absolute atomic E-state index is 12.1. The summed E-state index contributed by atoms with van der Waals surface area (Å²) in [6.07, 6.45) is 1.17. The van der Waals surface area contributed by atoms with Crippen molar-refractivity contribution in [2.75, 3.05) is 5.32 Å². The van der Waals surface area contributed by atoms with Crippen molar-refractivity contribution in [3.05, 3.63) is 51.7 Å². The summed E-state index contributed by atoms with van der Waals surface area (Å²) in [7, 11) is 0. The van der Waals surface area contributed by atoms with Gasteiger partial charge in [0.1, 0.15) is 0 Å². The van der Waals surface area contributed by atoms with E-state index in [4.69, 9.17) is 0 Å². The van der Waals surface area contributed by atoms with Crippen LogP contribution in [0.1, 0.15) is 27.2 Å². The van der Waals surface area contributed by atoms with Crippen LogP contribution in [0.15, 0.2) is 35.7 Å². The molecular weight excluding hydrogens is 272 g/mol. The summed E-state index contributed by atoms with van der Waals surface area (Å²) in [6, 6.07) is 9.36. The highest BCUT2D eigenvalue weighted by atomic mass is 32.1. The van der Waals surface area contributed by atoms with E-state index in [1.165, 1.54) is 0 Å². The molecule has 0 spiro atoms. The molecule has 2 heterocycles. The van der Waals surface area contributed by atoms with E-state index in [0.717, 1.165) is 16.1 Å². The summed E-state index contributed by atoms with van der Waals surface area (Å²) in [5.74, 6) is -0.0505. The van der Waals surface area contributed by atoms with Gasteiger partial charge in [-0.15, -0.1) is 11.3 Å². The summed E-state index contributed by atoms with van der Waals surface area (Å²) in [5, 5.41) is 7.70. The van der Waals surface area contributed by atoms with E-state index < -0.39 is 0 Å². The van der Waals surface area contributed by atoms with Crippen molar-refractivity contribution in [2.45, 2.75) is 19.4 Å². The molecule has 102 valence electrons. The van der Waals surface area contributed by atoms with Crippen molar-refractivity contribution in [3.8, 4) is 0 Å². The van der Waals surface area contributed by atoms with E-state index in [1.807, 2.05) is 23.6 Å². The predicted octanol–water partition coefficient (Wildman–Crippen LogP) is 2.56. The predicted molar refractivity (Wildman–Crippen MR) is 78.9 cm³/mol. The monoisotopic (exact) mass is 286 g/mol. The Morgan fingerprint density at radius 3 is 3.00 bits per heavy atom. The molecule has 2 aromatic rings. The van der Waals surface area contributed by atoms with Crippen molar-refractivity contribution in [1.29, 1.82) is 0 Å². The van der Waals surface area contributed by atoms with Gasteiger partial charge in [0.2, 0.25) is 5.91 Å². The van der Waals surface area contributed by atoms with Crippen LogP contribution in [-0.4, -0.2) is 11.8 Å². The molecule has 0 saturated carbocycles. The summed E-state index contributed by atoms with van der Waals surface area (Å²) in [5.41, 5.74) is 2.47. The van der Waals surface area contributed by atoms with Gasteiger partial charge in [0, 0.05) is 22.5 Å². The lowest BCUT2D eigenvalue weighted by atomic mass is 10.00. The van der Waals surface area contributed by atoms with Gasteiger partial charge in [-0.25, -0.2) is 0 Å². The van der Waals surface area contributed by atoms with Gasteiger partial charge < -0.3 is 10.6 Å². The average Bonchev–Trinajstić information content (AvgIpc) is 2.97. The Morgan fingerprint density at radius 1 is 1.30 bits per heavy atom. The average molecular weight is 286 g/mol. The van der Waals surface area contributed by atoms with Gasteiger partial charge >= 0.3 is 0 Å². The van der Waals surface area contributed by atoms with E-state index in [1.54, 1.807) is 23.5 Å². The number of hydrogen-bond donors (Lipinski definition) is 2. The molecular formula is C15H14N2O2S. The lowest BCUT2D eigenvalue weighted by molar-refractivity contribution is -0.116. The second-order valence-corrected chi connectivity index (χ2v) is 5.71. The standard InChI is InChI=1S/C15H14N2O2S/c18-14-6-4-10-8-11(3-5-13(10)17-14)15(19)16-9-12-2-1-7-20-12/h1-3,5,7-8H,4,6,9H2,(H,16,19)(H,17,18). The Morgan fingerprint density at radius 2 is 2.20 bits per heavy atom. The van der Waals surface area contributed by atoms with Gasteiger partial charge in [0.05, 0.1) is 6.54 Å². The molecule has 20 heavy (non-hydrogen) atoms. The van der Waals surface area contributed by atoms with Crippen LogP contribution in [-0.2, 0) is 17.8 Å². The molecule has 2 amide bonds. The lowest BCUT2D eigenvalue weighted by Crippen LogP contribution is -2.24. The van der Waals surface area contributed by atoms with Crippen molar-refractivity contribution >= 4 is 28.8 Å². The molecule has 0 saturated heterocycles. The molecule has 0 unspecified atom stereocenters. The third-order valence-electron chi connectivity index (χ3n) is 3.27. The first-order valence-corrected chi connectivity index (χ1v) is 7.34. The number of aryl methyl sites for hydroxylation is 1. The number of carbonyl (C=O) groups is 2. The Kier molecular flexibility index (Phi) is 3.52. The van der Waals surface area contributed by atoms with E-state index in [2.05, 4.69) is 10.6 Å². The molecule has 1 aromatic carbocycles. The maximum Gasteiger partial charge on any atom is 0.251 e. The van der Waals surface area contributed by atoms with E-state index in [9.17, 15) is 9.59 Å². The minimum atomic E-state index is -0.0851. The minimum absolute atomic E-state index is 0.0346. The van der Waals surface area contributed by atoms with Crippen molar-refractivity contribution in [3.63, 3.8) is 0 Å². The third kappa shape index (κ3) is 2.72. The summed E-state index contributed by atoms with van der Waals surface area (Å²) >= 11 is 1.62. The number of rotatable bonds is 3. The van der Waals surface area contributed by atoms with Crippen LogP contribution in [0.2, 0.25) is 0 Å².